The van der Waals surface area contributed by atoms with Crippen molar-refractivity contribution >= 4 is 11.6 Å². The van der Waals surface area contributed by atoms with Gasteiger partial charge >= 0.3 is 0 Å². The molecule has 112 valence electrons. The highest BCUT2D eigenvalue weighted by Crippen LogP contribution is 2.31. The standard InChI is InChI=1S/C17H22FN3/c1-12-10-14(8-9-16(12)18)20-17-19-13(2)11-21(17)15-6-4-3-5-7-15/h8-11,15H,3-7H2,1-2H3,(H,19,20). The van der Waals surface area contributed by atoms with Crippen LogP contribution >= 0.6 is 0 Å². The molecular formula is C17H22FN3. The molecule has 0 saturated heterocycles. The van der Waals surface area contributed by atoms with Crippen LogP contribution in [0.3, 0.4) is 0 Å². The molecule has 3 rings (SSSR count). The van der Waals surface area contributed by atoms with E-state index >= 15 is 0 Å². The third-order valence-electron chi connectivity index (χ3n) is 4.23. The van der Waals surface area contributed by atoms with Crippen LogP contribution in [0.1, 0.15) is 49.4 Å². The second-order valence-electron chi connectivity index (χ2n) is 5.99. The number of anilines is 2. The highest BCUT2D eigenvalue weighted by atomic mass is 19.1. The molecule has 0 atom stereocenters. The van der Waals surface area contributed by atoms with E-state index in [1.54, 1.807) is 13.0 Å². The first-order valence-electron chi connectivity index (χ1n) is 7.72. The zero-order valence-corrected chi connectivity index (χ0v) is 12.7. The molecule has 0 spiro atoms. The summed E-state index contributed by atoms with van der Waals surface area (Å²) in [6, 6.07) is 5.62. The van der Waals surface area contributed by atoms with Gasteiger partial charge in [-0.1, -0.05) is 19.3 Å². The van der Waals surface area contributed by atoms with Crippen molar-refractivity contribution in [1.29, 1.82) is 0 Å². The maximum absolute atomic E-state index is 13.4. The van der Waals surface area contributed by atoms with E-state index in [0.717, 1.165) is 17.3 Å². The van der Waals surface area contributed by atoms with Crippen LogP contribution in [0.5, 0.6) is 0 Å². The van der Waals surface area contributed by atoms with Crippen molar-refractivity contribution in [3.63, 3.8) is 0 Å². The molecule has 1 aliphatic carbocycles. The Morgan fingerprint density at radius 2 is 1.95 bits per heavy atom. The van der Waals surface area contributed by atoms with Crippen LogP contribution in [0.2, 0.25) is 0 Å². The molecule has 1 aromatic carbocycles. The van der Waals surface area contributed by atoms with Gasteiger partial charge in [0.05, 0.1) is 5.69 Å². The van der Waals surface area contributed by atoms with Crippen LogP contribution in [0.25, 0.3) is 0 Å². The first-order valence-corrected chi connectivity index (χ1v) is 7.72. The lowest BCUT2D eigenvalue weighted by Crippen LogP contribution is -2.14. The SMILES string of the molecule is Cc1cn(C2CCCCC2)c(Nc2ccc(F)c(C)c2)n1. The average molecular weight is 287 g/mol. The van der Waals surface area contributed by atoms with Gasteiger partial charge in [0, 0.05) is 17.9 Å². The van der Waals surface area contributed by atoms with Crippen LogP contribution in [0, 0.1) is 19.7 Å². The highest BCUT2D eigenvalue weighted by molar-refractivity contribution is 5.55. The van der Waals surface area contributed by atoms with E-state index in [4.69, 9.17) is 0 Å². The van der Waals surface area contributed by atoms with Crippen molar-refractivity contribution < 1.29 is 4.39 Å². The zero-order chi connectivity index (χ0) is 14.8. The molecule has 1 N–H and O–H groups in total. The van der Waals surface area contributed by atoms with E-state index in [1.165, 1.54) is 38.2 Å². The fraction of sp³-hybridized carbons (Fsp3) is 0.471. The van der Waals surface area contributed by atoms with E-state index in [9.17, 15) is 4.39 Å². The molecule has 1 heterocycles. The van der Waals surface area contributed by atoms with Crippen LogP contribution < -0.4 is 5.32 Å². The number of rotatable bonds is 3. The summed E-state index contributed by atoms with van der Waals surface area (Å²) in [5.74, 6) is 0.692. The molecule has 21 heavy (non-hydrogen) atoms. The molecule has 0 aliphatic heterocycles. The Hall–Kier alpha value is -1.84. The number of hydrogen-bond acceptors (Lipinski definition) is 2. The lowest BCUT2D eigenvalue weighted by Gasteiger charge is -2.24. The fourth-order valence-electron chi connectivity index (χ4n) is 3.10. The third-order valence-corrected chi connectivity index (χ3v) is 4.23. The van der Waals surface area contributed by atoms with Crippen LogP contribution in [0.4, 0.5) is 16.0 Å². The topological polar surface area (TPSA) is 29.9 Å². The number of aryl methyl sites for hydroxylation is 2. The van der Waals surface area contributed by atoms with Crippen molar-refractivity contribution in [3.05, 3.63) is 41.5 Å². The minimum atomic E-state index is -0.174. The molecule has 4 heteroatoms. The zero-order valence-electron chi connectivity index (χ0n) is 12.7. The molecule has 3 nitrogen and oxygen atoms in total. The molecule has 0 bridgehead atoms. The Labute approximate surface area is 125 Å². The molecular weight excluding hydrogens is 265 g/mol. The normalized spacial score (nSPS) is 16.1. The summed E-state index contributed by atoms with van der Waals surface area (Å²) in [6.45, 7) is 3.79. The molecule has 1 aliphatic rings. The van der Waals surface area contributed by atoms with E-state index < -0.39 is 0 Å². The minimum absolute atomic E-state index is 0.174. The van der Waals surface area contributed by atoms with Gasteiger partial charge in [-0.15, -0.1) is 0 Å². The predicted octanol–water partition coefficient (Wildman–Crippen LogP) is 4.89. The summed E-state index contributed by atoms with van der Waals surface area (Å²) in [5.41, 5.74) is 2.55. The molecule has 1 fully saturated rings. The molecule has 0 unspecified atom stereocenters. The Kier molecular flexibility index (Phi) is 3.95. The van der Waals surface area contributed by atoms with Gasteiger partial charge in [-0.3, -0.25) is 0 Å². The van der Waals surface area contributed by atoms with Crippen molar-refractivity contribution in [1.82, 2.24) is 9.55 Å². The van der Waals surface area contributed by atoms with E-state index in [0.29, 0.717) is 11.6 Å². The highest BCUT2D eigenvalue weighted by Gasteiger charge is 2.19. The summed E-state index contributed by atoms with van der Waals surface area (Å²) in [6.07, 6.45) is 8.46. The molecule has 1 saturated carbocycles. The van der Waals surface area contributed by atoms with Crippen LogP contribution in [0.15, 0.2) is 24.4 Å². The second-order valence-corrected chi connectivity index (χ2v) is 5.99. The fourth-order valence-corrected chi connectivity index (χ4v) is 3.10. The maximum Gasteiger partial charge on any atom is 0.207 e. The number of aromatic nitrogens is 2. The van der Waals surface area contributed by atoms with Crippen LogP contribution in [-0.4, -0.2) is 9.55 Å². The van der Waals surface area contributed by atoms with E-state index in [2.05, 4.69) is 21.1 Å². The van der Waals surface area contributed by atoms with Crippen LogP contribution in [-0.2, 0) is 0 Å². The summed E-state index contributed by atoms with van der Waals surface area (Å²) in [7, 11) is 0. The average Bonchev–Trinajstić information content (AvgIpc) is 2.85. The van der Waals surface area contributed by atoms with E-state index in [-0.39, 0.29) is 5.82 Å². The van der Waals surface area contributed by atoms with Gasteiger partial charge in [0.15, 0.2) is 0 Å². The summed E-state index contributed by atoms with van der Waals surface area (Å²) in [4.78, 5) is 4.59. The lowest BCUT2D eigenvalue weighted by atomic mass is 9.95. The summed E-state index contributed by atoms with van der Waals surface area (Å²) < 4.78 is 15.6. The van der Waals surface area contributed by atoms with Crippen molar-refractivity contribution in [2.24, 2.45) is 0 Å². The first-order chi connectivity index (χ1) is 10.1. The van der Waals surface area contributed by atoms with Gasteiger partial charge in [-0.2, -0.15) is 0 Å². The van der Waals surface area contributed by atoms with Crippen molar-refractivity contribution in [2.45, 2.75) is 52.0 Å². The van der Waals surface area contributed by atoms with Gasteiger partial charge in [-0.25, -0.2) is 9.37 Å². The number of benzene rings is 1. The van der Waals surface area contributed by atoms with Crippen molar-refractivity contribution in [2.75, 3.05) is 5.32 Å². The predicted molar refractivity (Wildman–Crippen MR) is 83.5 cm³/mol. The number of halogens is 1. The van der Waals surface area contributed by atoms with Gasteiger partial charge in [0.25, 0.3) is 0 Å². The second kappa shape index (κ2) is 5.88. The monoisotopic (exact) mass is 287 g/mol. The molecule has 2 aromatic rings. The van der Waals surface area contributed by atoms with Gasteiger partial charge in [0.2, 0.25) is 5.95 Å². The molecule has 0 radical (unpaired) electrons. The summed E-state index contributed by atoms with van der Waals surface area (Å²) in [5, 5.41) is 3.34. The number of nitrogens with zero attached hydrogens (tertiary/aromatic N) is 2. The Bertz CT molecular complexity index is 627. The largest absolute Gasteiger partial charge is 0.326 e. The maximum atomic E-state index is 13.4. The first kappa shape index (κ1) is 14.1. The molecule has 1 aromatic heterocycles. The summed E-state index contributed by atoms with van der Waals surface area (Å²) >= 11 is 0. The lowest BCUT2D eigenvalue weighted by molar-refractivity contribution is 0.356. The minimum Gasteiger partial charge on any atom is -0.326 e. The van der Waals surface area contributed by atoms with E-state index in [1.807, 2.05) is 13.0 Å². The van der Waals surface area contributed by atoms with Gasteiger partial charge < -0.3 is 9.88 Å². The Balaban J connectivity index is 1.85. The molecule has 0 amide bonds. The quantitative estimate of drug-likeness (QED) is 0.871. The Morgan fingerprint density at radius 3 is 2.67 bits per heavy atom. The van der Waals surface area contributed by atoms with Gasteiger partial charge in [0.1, 0.15) is 5.82 Å². The number of hydrogen-bond donors (Lipinski definition) is 1. The van der Waals surface area contributed by atoms with Gasteiger partial charge in [-0.05, 0) is 50.5 Å². The van der Waals surface area contributed by atoms with Crippen molar-refractivity contribution in [3.8, 4) is 0 Å². The number of nitrogens with one attached hydrogen (secondary N) is 1. The smallest absolute Gasteiger partial charge is 0.207 e. The Morgan fingerprint density at radius 1 is 1.19 bits per heavy atom. The third kappa shape index (κ3) is 3.09. The number of imidazole rings is 1.